The molecule has 2 heteroatoms. The third-order valence-electron chi connectivity index (χ3n) is 3.30. The fourth-order valence-electron chi connectivity index (χ4n) is 2.44. The van der Waals surface area contributed by atoms with Crippen molar-refractivity contribution in [2.24, 2.45) is 11.8 Å². The van der Waals surface area contributed by atoms with Crippen LogP contribution in [0, 0.1) is 11.8 Å². The van der Waals surface area contributed by atoms with E-state index in [0.717, 1.165) is 6.42 Å². The molecular weight excluding hydrogens is 188 g/mol. The highest BCUT2D eigenvalue weighted by Gasteiger charge is 2.23. The van der Waals surface area contributed by atoms with Crippen LogP contribution in [0.5, 0.6) is 0 Å². The summed E-state index contributed by atoms with van der Waals surface area (Å²) < 4.78 is 4.94. The van der Waals surface area contributed by atoms with Gasteiger partial charge in [0.2, 0.25) is 0 Å². The molecular formula is C13H22O2. The summed E-state index contributed by atoms with van der Waals surface area (Å²) in [4.78, 5) is 11.2. The molecule has 0 aromatic heterocycles. The van der Waals surface area contributed by atoms with E-state index >= 15 is 0 Å². The maximum Gasteiger partial charge on any atom is 0.305 e. The fourth-order valence-corrected chi connectivity index (χ4v) is 2.44. The van der Waals surface area contributed by atoms with E-state index in [-0.39, 0.29) is 5.97 Å². The smallest absolute Gasteiger partial charge is 0.305 e. The average Bonchev–Trinajstić information content (AvgIpc) is 2.27. The maximum absolute atomic E-state index is 11.2. The van der Waals surface area contributed by atoms with E-state index in [4.69, 9.17) is 4.74 Å². The van der Waals surface area contributed by atoms with Crippen molar-refractivity contribution < 1.29 is 9.53 Å². The average molecular weight is 210 g/mol. The molecule has 1 saturated carbocycles. The lowest BCUT2D eigenvalue weighted by molar-refractivity contribution is -0.143. The van der Waals surface area contributed by atoms with Crippen molar-refractivity contribution in [2.45, 2.75) is 45.4 Å². The molecule has 0 radical (unpaired) electrons. The molecule has 0 spiro atoms. The minimum atomic E-state index is -0.0501. The normalized spacial score (nSPS) is 25.9. The quantitative estimate of drug-likeness (QED) is 0.514. The third kappa shape index (κ3) is 4.06. The van der Waals surface area contributed by atoms with Crippen molar-refractivity contribution in [2.75, 3.05) is 6.61 Å². The van der Waals surface area contributed by atoms with Crippen LogP contribution in [0.15, 0.2) is 12.7 Å². The van der Waals surface area contributed by atoms with Gasteiger partial charge in [-0.15, -0.1) is 6.58 Å². The molecule has 0 N–H and O–H groups in total. The Hall–Kier alpha value is -0.790. The van der Waals surface area contributed by atoms with Gasteiger partial charge in [0, 0.05) is 6.42 Å². The summed E-state index contributed by atoms with van der Waals surface area (Å²) in [6.45, 7) is 6.23. The molecule has 1 aliphatic carbocycles. The molecule has 0 aromatic carbocycles. The highest BCUT2D eigenvalue weighted by molar-refractivity contribution is 5.69. The van der Waals surface area contributed by atoms with Crippen LogP contribution < -0.4 is 0 Å². The van der Waals surface area contributed by atoms with Gasteiger partial charge in [0.05, 0.1) is 6.61 Å². The number of allylic oxidation sites excluding steroid dienone is 1. The van der Waals surface area contributed by atoms with E-state index in [9.17, 15) is 4.79 Å². The maximum atomic E-state index is 11.2. The van der Waals surface area contributed by atoms with Gasteiger partial charge in [-0.25, -0.2) is 0 Å². The molecule has 0 unspecified atom stereocenters. The minimum Gasteiger partial charge on any atom is -0.466 e. The van der Waals surface area contributed by atoms with Crippen LogP contribution in [0.4, 0.5) is 0 Å². The van der Waals surface area contributed by atoms with Crippen molar-refractivity contribution >= 4 is 5.97 Å². The molecule has 0 aromatic rings. The van der Waals surface area contributed by atoms with Gasteiger partial charge in [-0.1, -0.05) is 18.9 Å². The van der Waals surface area contributed by atoms with Crippen molar-refractivity contribution in [3.8, 4) is 0 Å². The van der Waals surface area contributed by atoms with Crippen LogP contribution in [0.2, 0.25) is 0 Å². The lowest BCUT2D eigenvalue weighted by atomic mass is 9.77. The van der Waals surface area contributed by atoms with Gasteiger partial charge >= 0.3 is 5.97 Å². The Labute approximate surface area is 92.7 Å². The van der Waals surface area contributed by atoms with Gasteiger partial charge < -0.3 is 4.74 Å². The molecule has 2 nitrogen and oxygen atoms in total. The minimum absolute atomic E-state index is 0.0501. The molecule has 0 saturated heterocycles. The summed E-state index contributed by atoms with van der Waals surface area (Å²) in [5, 5.41) is 0. The van der Waals surface area contributed by atoms with Gasteiger partial charge in [0.25, 0.3) is 0 Å². The Balaban J connectivity index is 2.29. The van der Waals surface area contributed by atoms with E-state index < -0.39 is 0 Å². The first kappa shape index (κ1) is 12.3. The highest BCUT2D eigenvalue weighted by Crippen LogP contribution is 2.33. The standard InChI is InChI=1S/C13H22O2/c1-3-11-7-5-6-8-12(11)9-10-13(14)15-4-2/h3,11-12H,1,4-10H2,2H3/t11-,12-/m0/s1. The SMILES string of the molecule is C=C[C@H]1CCCC[C@H]1CCC(=O)OCC. The molecule has 0 amide bonds. The molecule has 1 aliphatic rings. The number of hydrogen-bond acceptors (Lipinski definition) is 2. The van der Waals surface area contributed by atoms with E-state index in [0.29, 0.717) is 24.9 Å². The molecule has 0 aliphatic heterocycles. The molecule has 86 valence electrons. The number of hydrogen-bond donors (Lipinski definition) is 0. The number of rotatable bonds is 5. The molecule has 0 heterocycles. The Kier molecular flexibility index (Phi) is 5.44. The second-order valence-corrected chi connectivity index (χ2v) is 4.29. The Morgan fingerprint density at radius 1 is 1.47 bits per heavy atom. The predicted octanol–water partition coefficient (Wildman–Crippen LogP) is 3.32. The molecule has 15 heavy (non-hydrogen) atoms. The van der Waals surface area contributed by atoms with Crippen molar-refractivity contribution in [1.82, 2.24) is 0 Å². The first-order chi connectivity index (χ1) is 7.27. The number of carbonyl (C=O) groups excluding carboxylic acids is 1. The van der Waals surface area contributed by atoms with Crippen molar-refractivity contribution in [3.05, 3.63) is 12.7 Å². The van der Waals surface area contributed by atoms with Crippen LogP contribution in [0.3, 0.4) is 0 Å². The van der Waals surface area contributed by atoms with Crippen molar-refractivity contribution in [1.29, 1.82) is 0 Å². The van der Waals surface area contributed by atoms with Gasteiger partial charge in [-0.05, 0) is 38.0 Å². The van der Waals surface area contributed by atoms with Crippen LogP contribution in [0.25, 0.3) is 0 Å². The molecule has 1 fully saturated rings. The molecule has 0 bridgehead atoms. The van der Waals surface area contributed by atoms with Gasteiger partial charge in [-0.2, -0.15) is 0 Å². The van der Waals surface area contributed by atoms with E-state index in [2.05, 4.69) is 12.7 Å². The van der Waals surface area contributed by atoms with Gasteiger partial charge in [0.1, 0.15) is 0 Å². The van der Waals surface area contributed by atoms with Gasteiger partial charge in [0.15, 0.2) is 0 Å². The monoisotopic (exact) mass is 210 g/mol. The largest absolute Gasteiger partial charge is 0.466 e. The fraction of sp³-hybridized carbons (Fsp3) is 0.769. The van der Waals surface area contributed by atoms with E-state index in [1.165, 1.54) is 25.7 Å². The zero-order valence-corrected chi connectivity index (χ0v) is 9.71. The van der Waals surface area contributed by atoms with Gasteiger partial charge in [-0.3, -0.25) is 4.79 Å². The zero-order valence-electron chi connectivity index (χ0n) is 9.71. The van der Waals surface area contributed by atoms with Crippen LogP contribution in [-0.4, -0.2) is 12.6 Å². The topological polar surface area (TPSA) is 26.3 Å². The lowest BCUT2D eigenvalue weighted by Crippen LogP contribution is -2.19. The summed E-state index contributed by atoms with van der Waals surface area (Å²) in [6, 6.07) is 0. The summed E-state index contributed by atoms with van der Waals surface area (Å²) in [5.41, 5.74) is 0. The highest BCUT2D eigenvalue weighted by atomic mass is 16.5. The summed E-state index contributed by atoms with van der Waals surface area (Å²) in [7, 11) is 0. The Morgan fingerprint density at radius 2 is 2.20 bits per heavy atom. The molecule has 2 atom stereocenters. The lowest BCUT2D eigenvalue weighted by Gasteiger charge is -2.28. The predicted molar refractivity (Wildman–Crippen MR) is 61.5 cm³/mol. The summed E-state index contributed by atoms with van der Waals surface area (Å²) in [5.74, 6) is 1.22. The first-order valence-electron chi connectivity index (χ1n) is 6.06. The Morgan fingerprint density at radius 3 is 2.87 bits per heavy atom. The van der Waals surface area contributed by atoms with Crippen LogP contribution in [0.1, 0.15) is 45.4 Å². The third-order valence-corrected chi connectivity index (χ3v) is 3.30. The van der Waals surface area contributed by atoms with Crippen molar-refractivity contribution in [3.63, 3.8) is 0 Å². The second-order valence-electron chi connectivity index (χ2n) is 4.29. The summed E-state index contributed by atoms with van der Waals surface area (Å²) >= 11 is 0. The zero-order chi connectivity index (χ0) is 11.1. The summed E-state index contributed by atoms with van der Waals surface area (Å²) in [6.07, 6.45) is 8.71. The number of ether oxygens (including phenoxy) is 1. The second kappa shape index (κ2) is 6.65. The van der Waals surface area contributed by atoms with E-state index in [1.807, 2.05) is 6.92 Å². The van der Waals surface area contributed by atoms with E-state index in [1.54, 1.807) is 0 Å². The first-order valence-corrected chi connectivity index (χ1v) is 6.06. The van der Waals surface area contributed by atoms with Crippen LogP contribution in [-0.2, 0) is 9.53 Å². The molecule has 1 rings (SSSR count). The number of esters is 1. The number of carbonyl (C=O) groups is 1. The van der Waals surface area contributed by atoms with Crippen LogP contribution >= 0.6 is 0 Å². The Bertz CT molecular complexity index is 211.